The van der Waals surface area contributed by atoms with Crippen molar-refractivity contribution in [2.75, 3.05) is 6.61 Å². The van der Waals surface area contributed by atoms with Crippen LogP contribution >= 0.6 is 0 Å². The third-order valence-electron chi connectivity index (χ3n) is 9.24. The monoisotopic (exact) mass is 480 g/mol. The zero-order chi connectivity index (χ0) is 23.8. The summed E-state index contributed by atoms with van der Waals surface area (Å²) in [6, 6.07) is 10.1. The number of benzene rings is 1. The van der Waals surface area contributed by atoms with Gasteiger partial charge in [0.05, 0.1) is 17.9 Å². The SMILES string of the molecule is NNC(=O)C1=C(COC23CC4CC(CC(C4)C2)C3)NC(C2CCCCC2)N1OCc1ccccc1. The molecule has 0 aromatic heterocycles. The fourth-order valence-electron chi connectivity index (χ4n) is 8.05. The Kier molecular flexibility index (Phi) is 6.50. The van der Waals surface area contributed by atoms with Crippen LogP contribution in [-0.2, 0) is 21.0 Å². The smallest absolute Gasteiger partial charge is 0.285 e. The summed E-state index contributed by atoms with van der Waals surface area (Å²) in [6.45, 7) is 0.805. The van der Waals surface area contributed by atoms with Crippen molar-refractivity contribution in [1.29, 1.82) is 0 Å². The van der Waals surface area contributed by atoms with Gasteiger partial charge in [0.25, 0.3) is 5.91 Å². The molecule has 190 valence electrons. The van der Waals surface area contributed by atoms with Gasteiger partial charge in [-0.05, 0) is 80.6 Å². The Morgan fingerprint density at radius 3 is 2.29 bits per heavy atom. The number of hydrazine groups is 1. The molecule has 1 aromatic carbocycles. The first-order valence-corrected chi connectivity index (χ1v) is 13.7. The number of amides is 1. The van der Waals surface area contributed by atoms with E-state index in [-0.39, 0.29) is 17.7 Å². The van der Waals surface area contributed by atoms with Crippen molar-refractivity contribution in [2.24, 2.45) is 29.5 Å². The predicted octanol–water partition coefficient (Wildman–Crippen LogP) is 4.12. The van der Waals surface area contributed by atoms with Crippen LogP contribution in [0, 0.1) is 23.7 Å². The summed E-state index contributed by atoms with van der Waals surface area (Å²) in [5.41, 5.74) is 4.70. The van der Waals surface area contributed by atoms with Gasteiger partial charge in [-0.25, -0.2) is 10.9 Å². The van der Waals surface area contributed by atoms with E-state index in [9.17, 15) is 4.79 Å². The largest absolute Gasteiger partial charge is 0.369 e. The van der Waals surface area contributed by atoms with Crippen molar-refractivity contribution >= 4 is 5.91 Å². The van der Waals surface area contributed by atoms with Crippen LogP contribution in [0.5, 0.6) is 0 Å². The summed E-state index contributed by atoms with van der Waals surface area (Å²) < 4.78 is 6.77. The average molecular weight is 481 g/mol. The van der Waals surface area contributed by atoms with Crippen molar-refractivity contribution in [3.8, 4) is 0 Å². The highest BCUT2D eigenvalue weighted by Crippen LogP contribution is 2.57. The van der Waals surface area contributed by atoms with Gasteiger partial charge in [-0.1, -0.05) is 49.6 Å². The molecule has 0 radical (unpaired) electrons. The maximum absolute atomic E-state index is 13.1. The number of nitrogens with zero attached hydrogens (tertiary/aromatic N) is 1. The Balaban J connectivity index is 1.24. The molecule has 1 amide bonds. The standard InChI is InChI=1S/C28H40N4O3/c29-31-27(33)25-24(18-34-28-14-20-11-21(15-28)13-22(12-20)16-28)30-26(23-9-5-2-6-10-23)32(25)35-17-19-7-3-1-4-8-19/h1,3-4,7-8,20-23,26,30H,2,5-6,9-18,29H2,(H,31,33). The Morgan fingerprint density at radius 1 is 1.00 bits per heavy atom. The number of nitrogens with one attached hydrogen (secondary N) is 2. The average Bonchev–Trinajstić information content (AvgIpc) is 3.25. The van der Waals surface area contributed by atoms with Crippen molar-refractivity contribution in [3.05, 3.63) is 47.3 Å². The van der Waals surface area contributed by atoms with E-state index in [1.807, 2.05) is 35.4 Å². The van der Waals surface area contributed by atoms with Crippen LogP contribution in [-0.4, -0.2) is 29.3 Å². The lowest BCUT2D eigenvalue weighted by Gasteiger charge is -2.56. The Hall–Kier alpha value is -2.09. The second-order valence-electron chi connectivity index (χ2n) is 11.8. The minimum atomic E-state index is -0.326. The molecule has 1 atom stereocenters. The number of carbonyl (C=O) groups excluding carboxylic acids is 1. The van der Waals surface area contributed by atoms with Gasteiger partial charge >= 0.3 is 0 Å². The molecule has 4 bridgehead atoms. The number of nitrogens with two attached hydrogens (primary N) is 1. The third-order valence-corrected chi connectivity index (χ3v) is 9.24. The number of hydroxylamine groups is 2. The summed E-state index contributed by atoms with van der Waals surface area (Å²) in [4.78, 5) is 19.4. The summed E-state index contributed by atoms with van der Waals surface area (Å²) in [6.07, 6.45) is 13.5. The normalized spacial score (nSPS) is 34.4. The molecule has 4 N–H and O–H groups in total. The highest BCUT2D eigenvalue weighted by molar-refractivity contribution is 5.93. The van der Waals surface area contributed by atoms with Gasteiger partial charge in [-0.3, -0.25) is 15.1 Å². The predicted molar refractivity (Wildman–Crippen MR) is 133 cm³/mol. The Labute approximate surface area is 208 Å². The van der Waals surface area contributed by atoms with Gasteiger partial charge in [0.15, 0.2) is 5.70 Å². The van der Waals surface area contributed by atoms with Crippen molar-refractivity contribution in [1.82, 2.24) is 15.8 Å². The van der Waals surface area contributed by atoms with Crippen LogP contribution in [0.15, 0.2) is 41.7 Å². The van der Waals surface area contributed by atoms with E-state index < -0.39 is 0 Å². The van der Waals surface area contributed by atoms with E-state index in [0.29, 0.717) is 24.8 Å². The molecule has 7 nitrogen and oxygen atoms in total. The molecule has 5 aliphatic carbocycles. The van der Waals surface area contributed by atoms with E-state index in [1.54, 1.807) is 0 Å². The first kappa shape index (κ1) is 23.3. The molecule has 35 heavy (non-hydrogen) atoms. The lowest BCUT2D eigenvalue weighted by atomic mass is 9.54. The minimum absolute atomic E-state index is 0.0214. The fourth-order valence-corrected chi connectivity index (χ4v) is 8.05. The van der Waals surface area contributed by atoms with Gasteiger partial charge in [-0.2, -0.15) is 0 Å². The van der Waals surface area contributed by atoms with Crippen LogP contribution in [0.2, 0.25) is 0 Å². The van der Waals surface area contributed by atoms with E-state index in [4.69, 9.17) is 15.4 Å². The Morgan fingerprint density at radius 2 is 1.66 bits per heavy atom. The van der Waals surface area contributed by atoms with Gasteiger partial charge in [0.2, 0.25) is 0 Å². The summed E-state index contributed by atoms with van der Waals surface area (Å²) in [5, 5.41) is 5.49. The topological polar surface area (TPSA) is 88.8 Å². The first-order chi connectivity index (χ1) is 17.1. The van der Waals surface area contributed by atoms with Crippen molar-refractivity contribution < 1.29 is 14.4 Å². The van der Waals surface area contributed by atoms with Crippen molar-refractivity contribution in [2.45, 2.75) is 89.0 Å². The number of ether oxygens (including phenoxy) is 1. The van der Waals surface area contributed by atoms with Gasteiger partial charge in [-0.15, -0.1) is 0 Å². The van der Waals surface area contributed by atoms with Crippen molar-refractivity contribution in [3.63, 3.8) is 0 Å². The van der Waals surface area contributed by atoms with E-state index >= 15 is 0 Å². The van der Waals surface area contributed by atoms with Crippen LogP contribution in [0.3, 0.4) is 0 Å². The van der Waals surface area contributed by atoms with E-state index in [2.05, 4.69) is 10.7 Å². The molecule has 0 saturated heterocycles. The molecule has 7 rings (SSSR count). The van der Waals surface area contributed by atoms with Gasteiger partial charge < -0.3 is 10.1 Å². The van der Waals surface area contributed by atoms with Crippen LogP contribution in [0.25, 0.3) is 0 Å². The summed E-state index contributed by atoms with van der Waals surface area (Å²) >= 11 is 0. The molecule has 0 spiro atoms. The molecule has 7 heteroatoms. The quantitative estimate of drug-likeness (QED) is 0.295. The van der Waals surface area contributed by atoms with Crippen LogP contribution in [0.4, 0.5) is 0 Å². The lowest BCUT2D eigenvalue weighted by Crippen LogP contribution is -2.52. The molecule has 6 aliphatic rings. The second kappa shape index (κ2) is 9.75. The first-order valence-electron chi connectivity index (χ1n) is 13.7. The molecule has 1 heterocycles. The number of rotatable bonds is 8. The maximum Gasteiger partial charge on any atom is 0.285 e. The summed E-state index contributed by atoms with van der Waals surface area (Å²) in [7, 11) is 0. The molecule has 5 saturated carbocycles. The number of carbonyl (C=O) groups is 1. The molecular formula is C28H40N4O3. The molecule has 1 aliphatic heterocycles. The second-order valence-corrected chi connectivity index (χ2v) is 11.8. The third kappa shape index (κ3) is 4.70. The number of hydrogen-bond donors (Lipinski definition) is 3. The summed E-state index contributed by atoms with van der Waals surface area (Å²) in [5.74, 6) is 8.21. The Bertz CT molecular complexity index is 907. The van der Waals surface area contributed by atoms with Gasteiger partial charge in [0, 0.05) is 0 Å². The zero-order valence-electron chi connectivity index (χ0n) is 20.7. The molecule has 1 aromatic rings. The van der Waals surface area contributed by atoms with Crippen LogP contribution in [0.1, 0.15) is 76.2 Å². The highest BCUT2D eigenvalue weighted by Gasteiger charge is 2.52. The molecule has 5 fully saturated rings. The lowest BCUT2D eigenvalue weighted by molar-refractivity contribution is -0.182. The molecule has 1 unspecified atom stereocenters. The highest BCUT2D eigenvalue weighted by atomic mass is 16.7. The molecular weight excluding hydrogens is 440 g/mol. The zero-order valence-corrected chi connectivity index (χ0v) is 20.7. The van der Waals surface area contributed by atoms with Gasteiger partial charge in [0.1, 0.15) is 12.8 Å². The maximum atomic E-state index is 13.1. The number of hydrogen-bond acceptors (Lipinski definition) is 6. The van der Waals surface area contributed by atoms with Crippen LogP contribution < -0.4 is 16.6 Å². The fraction of sp³-hybridized carbons (Fsp3) is 0.679. The van der Waals surface area contributed by atoms with E-state index in [0.717, 1.165) is 41.9 Å². The minimum Gasteiger partial charge on any atom is -0.369 e. The van der Waals surface area contributed by atoms with E-state index in [1.165, 1.54) is 57.8 Å².